The van der Waals surface area contributed by atoms with E-state index in [2.05, 4.69) is 20.9 Å². The summed E-state index contributed by atoms with van der Waals surface area (Å²) < 4.78 is 7.88. The zero-order valence-corrected chi connectivity index (χ0v) is 10.2. The van der Waals surface area contributed by atoms with Crippen LogP contribution in [0.2, 0.25) is 0 Å². The van der Waals surface area contributed by atoms with Crippen molar-refractivity contribution in [2.24, 2.45) is 0 Å². The fourth-order valence-electron chi connectivity index (χ4n) is 1.70. The van der Waals surface area contributed by atoms with Gasteiger partial charge in [0.25, 0.3) is 0 Å². The molecule has 5 heteroatoms. The number of hydrogen-bond donors (Lipinski definition) is 0. The largest absolute Gasteiger partial charge is 0.448 e. The molecule has 0 unspecified atom stereocenters. The molecule has 3 aromatic rings. The molecule has 0 aliphatic heterocycles. The Labute approximate surface area is 105 Å². The second-order valence-electron chi connectivity index (χ2n) is 3.54. The average molecular weight is 291 g/mol. The first-order valence-electron chi connectivity index (χ1n) is 4.96. The molecule has 0 fully saturated rings. The second kappa shape index (κ2) is 3.85. The van der Waals surface area contributed by atoms with E-state index in [0.29, 0.717) is 27.3 Å². The molecule has 17 heavy (non-hydrogen) atoms. The summed E-state index contributed by atoms with van der Waals surface area (Å²) in [6, 6.07) is 7.17. The number of pyridine rings is 1. The van der Waals surface area contributed by atoms with Gasteiger partial charge < -0.3 is 8.82 Å². The predicted molar refractivity (Wildman–Crippen MR) is 66.0 cm³/mol. The lowest BCUT2D eigenvalue weighted by Gasteiger charge is -1.93. The maximum atomic E-state index is 10.9. The Morgan fingerprint density at radius 2 is 2.24 bits per heavy atom. The van der Waals surface area contributed by atoms with Crippen LogP contribution in [-0.4, -0.2) is 15.7 Å². The van der Waals surface area contributed by atoms with Crippen LogP contribution in [0.25, 0.3) is 17.1 Å². The van der Waals surface area contributed by atoms with E-state index in [-0.39, 0.29) is 0 Å². The second-order valence-corrected chi connectivity index (χ2v) is 4.32. The van der Waals surface area contributed by atoms with Crippen molar-refractivity contribution in [1.82, 2.24) is 9.38 Å². The predicted octanol–water partition coefficient (Wildman–Crippen LogP) is 3.17. The van der Waals surface area contributed by atoms with Crippen LogP contribution in [0, 0.1) is 0 Å². The molecular weight excluding hydrogens is 284 g/mol. The van der Waals surface area contributed by atoms with Gasteiger partial charge in [0, 0.05) is 12.4 Å². The van der Waals surface area contributed by atoms with Crippen LogP contribution in [0.1, 0.15) is 10.4 Å². The monoisotopic (exact) mass is 290 g/mol. The molecule has 3 rings (SSSR count). The number of nitrogens with zero attached hydrogens (tertiary/aromatic N) is 2. The molecule has 0 aromatic carbocycles. The lowest BCUT2D eigenvalue weighted by atomic mass is 10.3. The van der Waals surface area contributed by atoms with Crippen LogP contribution in [0.3, 0.4) is 0 Å². The zero-order chi connectivity index (χ0) is 11.8. The number of carbonyl (C=O) groups excluding carboxylic acids is 1. The molecule has 0 N–H and O–H groups in total. The Balaban J connectivity index is 2.23. The minimum absolute atomic E-state index is 0.560. The molecule has 0 aliphatic carbocycles. The zero-order valence-electron chi connectivity index (χ0n) is 8.63. The third-order valence-electron chi connectivity index (χ3n) is 2.47. The highest BCUT2D eigenvalue weighted by molar-refractivity contribution is 9.10. The molecule has 0 atom stereocenters. The number of hydrogen-bond acceptors (Lipinski definition) is 3. The van der Waals surface area contributed by atoms with Crippen molar-refractivity contribution in [3.8, 4) is 11.5 Å². The average Bonchev–Trinajstić information content (AvgIpc) is 2.93. The number of carbonyl (C=O) groups is 1. The molecule has 0 amide bonds. The summed E-state index contributed by atoms with van der Waals surface area (Å²) in [7, 11) is 0. The normalized spacial score (nSPS) is 10.9. The van der Waals surface area contributed by atoms with Crippen molar-refractivity contribution in [1.29, 1.82) is 0 Å². The van der Waals surface area contributed by atoms with E-state index >= 15 is 0 Å². The number of fused-ring (bicyclic) bond motifs is 1. The van der Waals surface area contributed by atoms with Gasteiger partial charge in [0.05, 0.1) is 5.56 Å². The molecule has 0 radical (unpaired) electrons. The van der Waals surface area contributed by atoms with E-state index in [1.54, 1.807) is 22.6 Å². The Kier molecular flexibility index (Phi) is 2.33. The molecule has 0 aliphatic rings. The third-order valence-corrected chi connectivity index (χ3v) is 2.89. The van der Waals surface area contributed by atoms with Gasteiger partial charge in [0.2, 0.25) is 0 Å². The van der Waals surface area contributed by atoms with Crippen LogP contribution < -0.4 is 0 Å². The van der Waals surface area contributed by atoms with Crippen LogP contribution in [0.5, 0.6) is 0 Å². The van der Waals surface area contributed by atoms with Crippen molar-refractivity contribution in [2.75, 3.05) is 0 Å². The highest BCUT2D eigenvalue weighted by Crippen LogP contribution is 2.25. The molecule has 3 heterocycles. The van der Waals surface area contributed by atoms with Gasteiger partial charge in [-0.25, -0.2) is 4.98 Å². The fourth-order valence-corrected chi connectivity index (χ4v) is 2.00. The first kappa shape index (κ1) is 10.3. The first-order valence-corrected chi connectivity index (χ1v) is 5.76. The molecule has 0 bridgehead atoms. The third kappa shape index (κ3) is 1.68. The molecule has 0 saturated heterocycles. The summed E-state index contributed by atoms with van der Waals surface area (Å²) in [4.78, 5) is 15.3. The summed E-state index contributed by atoms with van der Waals surface area (Å²) in [6.07, 6.45) is 4.47. The van der Waals surface area contributed by atoms with Crippen molar-refractivity contribution in [3.63, 3.8) is 0 Å². The number of aromatic nitrogens is 2. The molecule has 84 valence electrons. The Hall–Kier alpha value is -1.88. The van der Waals surface area contributed by atoms with Gasteiger partial charge in [-0.15, -0.1) is 0 Å². The lowest BCUT2D eigenvalue weighted by Crippen LogP contribution is -1.88. The maximum absolute atomic E-state index is 10.9. The molecule has 0 spiro atoms. The number of rotatable bonds is 2. The highest BCUT2D eigenvalue weighted by atomic mass is 79.9. The van der Waals surface area contributed by atoms with Gasteiger partial charge >= 0.3 is 0 Å². The van der Waals surface area contributed by atoms with Crippen LogP contribution in [0.4, 0.5) is 0 Å². The summed E-state index contributed by atoms with van der Waals surface area (Å²) in [5.74, 6) is 0.664. The van der Waals surface area contributed by atoms with E-state index in [1.165, 1.54) is 0 Å². The summed E-state index contributed by atoms with van der Waals surface area (Å²) in [6.45, 7) is 0. The van der Waals surface area contributed by atoms with Gasteiger partial charge in [0.15, 0.2) is 16.7 Å². The summed E-state index contributed by atoms with van der Waals surface area (Å²) in [5, 5.41) is 0. The summed E-state index contributed by atoms with van der Waals surface area (Å²) >= 11 is 3.24. The Morgan fingerprint density at radius 1 is 1.35 bits per heavy atom. The Bertz CT molecular complexity index is 699. The van der Waals surface area contributed by atoms with Crippen LogP contribution in [0.15, 0.2) is 45.7 Å². The number of furan rings is 1. The van der Waals surface area contributed by atoms with Crippen molar-refractivity contribution in [3.05, 3.63) is 46.9 Å². The van der Waals surface area contributed by atoms with E-state index in [0.717, 1.165) is 6.29 Å². The van der Waals surface area contributed by atoms with E-state index in [4.69, 9.17) is 4.42 Å². The smallest absolute Gasteiger partial charge is 0.169 e. The van der Waals surface area contributed by atoms with Crippen LogP contribution >= 0.6 is 15.9 Å². The van der Waals surface area contributed by atoms with Gasteiger partial charge in [-0.2, -0.15) is 0 Å². The molecule has 0 saturated carbocycles. The Morgan fingerprint density at radius 3 is 2.94 bits per heavy atom. The quantitative estimate of drug-likeness (QED) is 0.681. The van der Waals surface area contributed by atoms with Gasteiger partial charge in [-0.3, -0.25) is 4.79 Å². The molecule has 4 nitrogen and oxygen atoms in total. The minimum Gasteiger partial charge on any atom is -0.448 e. The lowest BCUT2D eigenvalue weighted by molar-refractivity contribution is 0.112. The van der Waals surface area contributed by atoms with Crippen LogP contribution in [-0.2, 0) is 0 Å². The van der Waals surface area contributed by atoms with E-state index in [1.807, 2.05) is 18.5 Å². The topological polar surface area (TPSA) is 47.5 Å². The first-order chi connectivity index (χ1) is 8.28. The number of halogens is 1. The fraction of sp³-hybridized carbons (Fsp3) is 0. The maximum Gasteiger partial charge on any atom is 0.169 e. The SMILES string of the molecule is O=Cc1cccn2cc(-c3ccc(Br)o3)nc12. The minimum atomic E-state index is 0.560. The summed E-state index contributed by atoms with van der Waals surface area (Å²) in [5.41, 5.74) is 1.89. The van der Waals surface area contributed by atoms with Crippen molar-refractivity contribution >= 4 is 27.9 Å². The molecule has 3 aromatic heterocycles. The van der Waals surface area contributed by atoms with Gasteiger partial charge in [-0.1, -0.05) is 0 Å². The number of imidazole rings is 1. The highest BCUT2D eigenvalue weighted by Gasteiger charge is 2.10. The number of aldehydes is 1. The molecular formula is C12H7BrN2O2. The van der Waals surface area contributed by atoms with Gasteiger partial charge in [0.1, 0.15) is 11.3 Å². The van der Waals surface area contributed by atoms with E-state index in [9.17, 15) is 4.79 Å². The van der Waals surface area contributed by atoms with Gasteiger partial charge in [-0.05, 0) is 40.2 Å². The van der Waals surface area contributed by atoms with Crippen molar-refractivity contribution < 1.29 is 9.21 Å². The van der Waals surface area contributed by atoms with E-state index < -0.39 is 0 Å². The van der Waals surface area contributed by atoms with Crippen molar-refractivity contribution in [2.45, 2.75) is 0 Å². The standard InChI is InChI=1S/C12H7BrN2O2/c13-11-4-3-10(17-11)9-6-15-5-1-2-8(7-16)12(15)14-9/h1-7H.